The molecule has 0 amide bonds. The number of pyridine rings is 1. The van der Waals surface area contributed by atoms with E-state index in [1.54, 1.807) is 0 Å². The third-order valence-electron chi connectivity index (χ3n) is 1.83. The van der Waals surface area contributed by atoms with Gasteiger partial charge in [-0.1, -0.05) is 0 Å². The van der Waals surface area contributed by atoms with Gasteiger partial charge in [0.05, 0.1) is 14.7 Å². The van der Waals surface area contributed by atoms with Gasteiger partial charge in [0.1, 0.15) is 5.60 Å². The average molecular weight is 316 g/mol. The topological polar surface area (TPSA) is 37.9 Å². The van der Waals surface area contributed by atoms with E-state index < -0.39 is 0 Å². The molecule has 0 fully saturated rings. The van der Waals surface area contributed by atoms with Crippen molar-refractivity contribution < 1.29 is 4.74 Å². The first-order valence-corrected chi connectivity index (χ1v) is 5.86. The second kappa shape index (κ2) is 3.66. The molecule has 0 bridgehead atoms. The van der Waals surface area contributed by atoms with Gasteiger partial charge in [0, 0.05) is 6.07 Å². The van der Waals surface area contributed by atoms with Gasteiger partial charge in [-0.2, -0.15) is 0 Å². The van der Waals surface area contributed by atoms with Crippen molar-refractivity contribution in [2.45, 2.75) is 26.4 Å². The molecule has 0 aromatic carbocycles. The molecule has 0 aliphatic heterocycles. The molecule has 2 heterocycles. The van der Waals surface area contributed by atoms with Crippen LogP contribution in [0.5, 0.6) is 5.88 Å². The number of hydrogen-bond acceptors (Lipinski definition) is 2. The summed E-state index contributed by atoms with van der Waals surface area (Å²) < 4.78 is 6.78. The minimum Gasteiger partial charge on any atom is -0.472 e. The minimum atomic E-state index is -0.204. The molecule has 2 aromatic rings. The lowest BCUT2D eigenvalue weighted by Crippen LogP contribution is -2.23. The number of nitrogens with one attached hydrogen (secondary N) is 1. The van der Waals surface area contributed by atoms with Gasteiger partial charge in [0.25, 0.3) is 0 Å². The van der Waals surface area contributed by atoms with Crippen LogP contribution in [0, 0.1) is 3.70 Å². The minimum absolute atomic E-state index is 0.204. The number of aromatic nitrogens is 2. The number of ether oxygens (including phenoxy) is 1. The first kappa shape index (κ1) is 10.7. The Kier molecular flexibility index (Phi) is 2.62. The summed E-state index contributed by atoms with van der Waals surface area (Å²) in [6.45, 7) is 6.04. The Bertz CT molecular complexity index is 485. The quantitative estimate of drug-likeness (QED) is 0.820. The van der Waals surface area contributed by atoms with Gasteiger partial charge in [-0.25, -0.2) is 4.98 Å². The van der Waals surface area contributed by atoms with Crippen molar-refractivity contribution >= 4 is 33.6 Å². The number of fused-ring (bicyclic) bond motifs is 1. The summed E-state index contributed by atoms with van der Waals surface area (Å²) in [5.74, 6) is 0.672. The highest BCUT2D eigenvalue weighted by atomic mass is 127. The highest BCUT2D eigenvalue weighted by molar-refractivity contribution is 14.1. The lowest BCUT2D eigenvalue weighted by atomic mass is 10.2. The summed E-state index contributed by atoms with van der Waals surface area (Å²) in [5.41, 5.74) is 1.78. The van der Waals surface area contributed by atoms with Crippen molar-refractivity contribution in [3.05, 3.63) is 21.9 Å². The third kappa shape index (κ3) is 2.62. The molecule has 2 rings (SSSR count). The lowest BCUT2D eigenvalue weighted by Gasteiger charge is -2.20. The molecule has 2 aromatic heterocycles. The van der Waals surface area contributed by atoms with Crippen LogP contribution < -0.4 is 4.74 Å². The van der Waals surface area contributed by atoms with E-state index in [1.165, 1.54) is 0 Å². The largest absolute Gasteiger partial charge is 0.472 e. The van der Waals surface area contributed by atoms with E-state index in [9.17, 15) is 0 Å². The van der Waals surface area contributed by atoms with Crippen LogP contribution in [0.4, 0.5) is 0 Å². The predicted octanol–water partition coefficient (Wildman–Crippen LogP) is 3.34. The Balaban J connectivity index is 2.38. The summed E-state index contributed by atoms with van der Waals surface area (Å²) >= 11 is 2.24. The van der Waals surface area contributed by atoms with E-state index in [2.05, 4.69) is 32.6 Å². The molecule has 0 spiro atoms. The molecule has 0 aliphatic rings. The summed E-state index contributed by atoms with van der Waals surface area (Å²) in [6.07, 6.45) is 0. The molecule has 15 heavy (non-hydrogen) atoms. The molecule has 0 saturated carbocycles. The first-order chi connectivity index (χ1) is 6.94. The number of rotatable bonds is 1. The molecule has 4 heteroatoms. The van der Waals surface area contributed by atoms with Crippen LogP contribution in [0.1, 0.15) is 20.8 Å². The van der Waals surface area contributed by atoms with Gasteiger partial charge in [0.2, 0.25) is 5.88 Å². The highest BCUT2D eigenvalue weighted by Crippen LogP contribution is 2.21. The fraction of sp³-hybridized carbons (Fsp3) is 0.364. The van der Waals surface area contributed by atoms with Crippen LogP contribution in [-0.2, 0) is 0 Å². The molecule has 3 nitrogen and oxygen atoms in total. The van der Waals surface area contributed by atoms with Gasteiger partial charge in [0.15, 0.2) is 0 Å². The average Bonchev–Trinajstić information content (AvgIpc) is 2.40. The Hall–Kier alpha value is -0.780. The van der Waals surface area contributed by atoms with Crippen LogP contribution in [0.15, 0.2) is 18.2 Å². The smallest absolute Gasteiger partial charge is 0.214 e. The van der Waals surface area contributed by atoms with E-state index in [-0.39, 0.29) is 5.60 Å². The zero-order valence-corrected chi connectivity index (χ0v) is 11.1. The third-order valence-corrected chi connectivity index (χ3v) is 2.41. The second-order valence-corrected chi connectivity index (χ2v) is 5.58. The predicted molar refractivity (Wildman–Crippen MR) is 69.2 cm³/mol. The summed E-state index contributed by atoms with van der Waals surface area (Å²) in [7, 11) is 0. The van der Waals surface area contributed by atoms with E-state index >= 15 is 0 Å². The zero-order chi connectivity index (χ0) is 11.1. The fourth-order valence-corrected chi connectivity index (χ4v) is 1.91. The van der Waals surface area contributed by atoms with E-state index in [0.29, 0.717) is 5.88 Å². The molecule has 80 valence electrons. The Morgan fingerprint density at radius 1 is 1.33 bits per heavy atom. The van der Waals surface area contributed by atoms with Gasteiger partial charge in [-0.15, -0.1) is 0 Å². The van der Waals surface area contributed by atoms with Crippen molar-refractivity contribution in [1.82, 2.24) is 9.97 Å². The summed E-state index contributed by atoms with van der Waals surface area (Å²) in [6, 6.07) is 5.89. The first-order valence-electron chi connectivity index (χ1n) is 4.78. The Labute approximate surface area is 102 Å². The number of H-pyrrole nitrogens is 1. The second-order valence-electron chi connectivity index (χ2n) is 4.41. The SMILES string of the molecule is CC(C)(C)Oc1ccc2[nH]c(I)cc2n1. The van der Waals surface area contributed by atoms with Crippen molar-refractivity contribution in [3.63, 3.8) is 0 Å². The van der Waals surface area contributed by atoms with Crippen LogP contribution >= 0.6 is 22.6 Å². The Morgan fingerprint density at radius 2 is 2.07 bits per heavy atom. The van der Waals surface area contributed by atoms with Crippen LogP contribution in [0.25, 0.3) is 11.0 Å². The molecule has 0 unspecified atom stereocenters. The number of hydrogen-bond donors (Lipinski definition) is 1. The van der Waals surface area contributed by atoms with Gasteiger partial charge in [-0.3, -0.25) is 0 Å². The van der Waals surface area contributed by atoms with Gasteiger partial charge >= 0.3 is 0 Å². The monoisotopic (exact) mass is 316 g/mol. The van der Waals surface area contributed by atoms with Gasteiger partial charge < -0.3 is 9.72 Å². The molecular weight excluding hydrogens is 303 g/mol. The molecule has 0 radical (unpaired) electrons. The molecule has 0 aliphatic carbocycles. The lowest BCUT2D eigenvalue weighted by molar-refractivity contribution is 0.124. The maximum Gasteiger partial charge on any atom is 0.214 e. The maximum atomic E-state index is 5.69. The van der Waals surface area contributed by atoms with E-state index in [4.69, 9.17) is 4.74 Å². The van der Waals surface area contributed by atoms with Crippen LogP contribution in [-0.4, -0.2) is 15.6 Å². The standard InChI is InChI=1S/C11H13IN2O/c1-11(2,3)15-10-5-4-7-8(14-10)6-9(12)13-7/h4-6,13H,1-3H3. The van der Waals surface area contributed by atoms with Crippen molar-refractivity contribution in [3.8, 4) is 5.88 Å². The van der Waals surface area contributed by atoms with Crippen molar-refractivity contribution in [2.24, 2.45) is 0 Å². The fourth-order valence-electron chi connectivity index (χ4n) is 1.33. The van der Waals surface area contributed by atoms with Crippen LogP contribution in [0.3, 0.4) is 0 Å². The normalized spacial score (nSPS) is 12.0. The number of aromatic amines is 1. The van der Waals surface area contributed by atoms with E-state index in [1.807, 2.05) is 39.0 Å². The molecule has 0 atom stereocenters. The van der Waals surface area contributed by atoms with Crippen LogP contribution in [0.2, 0.25) is 0 Å². The van der Waals surface area contributed by atoms with Crippen molar-refractivity contribution in [2.75, 3.05) is 0 Å². The highest BCUT2D eigenvalue weighted by Gasteiger charge is 2.13. The maximum absolute atomic E-state index is 5.69. The summed E-state index contributed by atoms with van der Waals surface area (Å²) in [5, 5.41) is 0. The van der Waals surface area contributed by atoms with E-state index in [0.717, 1.165) is 14.7 Å². The Morgan fingerprint density at radius 3 is 2.73 bits per heavy atom. The van der Waals surface area contributed by atoms with Gasteiger partial charge in [-0.05, 0) is 55.5 Å². The zero-order valence-electron chi connectivity index (χ0n) is 8.97. The van der Waals surface area contributed by atoms with Crippen molar-refractivity contribution in [1.29, 1.82) is 0 Å². The number of nitrogens with zero attached hydrogens (tertiary/aromatic N) is 1. The molecule has 0 saturated heterocycles. The number of halogens is 1. The molecular formula is C11H13IN2O. The molecule has 1 N–H and O–H groups in total. The summed E-state index contributed by atoms with van der Waals surface area (Å²) in [4.78, 5) is 7.64.